The molecule has 1 N–H and O–H groups in total. The first-order chi connectivity index (χ1) is 7.93. The van der Waals surface area contributed by atoms with Gasteiger partial charge in [0.25, 0.3) is 0 Å². The molecule has 2 aliphatic heterocycles. The molecule has 16 heavy (non-hydrogen) atoms. The molecule has 3 heterocycles. The average molecular weight is 241 g/mol. The molecule has 0 spiro atoms. The molecule has 2 atom stereocenters. The van der Waals surface area contributed by atoms with Gasteiger partial charge >= 0.3 is 0 Å². The van der Waals surface area contributed by atoms with E-state index in [0.717, 1.165) is 25.4 Å². The van der Waals surface area contributed by atoms with E-state index in [-0.39, 0.29) is 6.04 Å². The molecular formula is C10H15N3O2S. The van der Waals surface area contributed by atoms with E-state index < -0.39 is 0 Å². The first kappa shape index (κ1) is 10.6. The van der Waals surface area contributed by atoms with Gasteiger partial charge in [0.2, 0.25) is 5.89 Å². The lowest BCUT2D eigenvalue weighted by Crippen LogP contribution is -2.34. The summed E-state index contributed by atoms with van der Waals surface area (Å²) in [4.78, 5) is 4.47. The molecule has 5 nitrogen and oxygen atoms in total. The monoisotopic (exact) mass is 241 g/mol. The number of ether oxygens (including phenoxy) is 1. The Balaban J connectivity index is 1.71. The minimum absolute atomic E-state index is 0.0707. The van der Waals surface area contributed by atoms with Crippen molar-refractivity contribution in [2.45, 2.75) is 24.1 Å². The summed E-state index contributed by atoms with van der Waals surface area (Å²) in [5.74, 6) is 2.73. The van der Waals surface area contributed by atoms with E-state index in [1.165, 1.54) is 12.2 Å². The zero-order chi connectivity index (χ0) is 10.8. The van der Waals surface area contributed by atoms with Gasteiger partial charge in [0, 0.05) is 6.54 Å². The van der Waals surface area contributed by atoms with Crippen molar-refractivity contribution in [2.24, 2.45) is 0 Å². The van der Waals surface area contributed by atoms with Crippen molar-refractivity contribution in [1.82, 2.24) is 15.5 Å². The van der Waals surface area contributed by atoms with Crippen molar-refractivity contribution >= 4 is 11.8 Å². The van der Waals surface area contributed by atoms with Gasteiger partial charge in [-0.25, -0.2) is 0 Å². The summed E-state index contributed by atoms with van der Waals surface area (Å²) in [6.45, 7) is 2.23. The van der Waals surface area contributed by atoms with Crippen LogP contribution in [0, 0.1) is 0 Å². The summed E-state index contributed by atoms with van der Waals surface area (Å²) < 4.78 is 10.7. The summed E-state index contributed by atoms with van der Waals surface area (Å²) in [6, 6.07) is 0.0707. The Morgan fingerprint density at radius 2 is 2.44 bits per heavy atom. The summed E-state index contributed by atoms with van der Waals surface area (Å²) in [6.07, 6.45) is 2.42. The van der Waals surface area contributed by atoms with Crippen LogP contribution in [0.25, 0.3) is 0 Å². The topological polar surface area (TPSA) is 60.2 Å². The van der Waals surface area contributed by atoms with Gasteiger partial charge in [0.1, 0.15) is 6.04 Å². The van der Waals surface area contributed by atoms with Crippen molar-refractivity contribution in [3.05, 3.63) is 11.7 Å². The SMILES string of the molecule is C1CSC(c2noc(C3COCCN3)n2)C1. The molecular weight excluding hydrogens is 226 g/mol. The third-order valence-corrected chi connectivity index (χ3v) is 4.27. The number of hydrogen-bond donors (Lipinski definition) is 1. The molecule has 0 amide bonds. The van der Waals surface area contributed by atoms with Crippen LogP contribution < -0.4 is 5.32 Å². The van der Waals surface area contributed by atoms with Gasteiger partial charge in [-0.2, -0.15) is 16.7 Å². The van der Waals surface area contributed by atoms with Crippen molar-refractivity contribution in [1.29, 1.82) is 0 Å². The molecule has 2 saturated heterocycles. The van der Waals surface area contributed by atoms with E-state index in [1.54, 1.807) is 0 Å². The van der Waals surface area contributed by atoms with Crippen molar-refractivity contribution in [3.8, 4) is 0 Å². The fourth-order valence-corrected chi connectivity index (χ4v) is 3.22. The van der Waals surface area contributed by atoms with Crippen LogP contribution in [0.15, 0.2) is 4.52 Å². The predicted octanol–water partition coefficient (Wildman–Crippen LogP) is 1.30. The van der Waals surface area contributed by atoms with E-state index >= 15 is 0 Å². The highest BCUT2D eigenvalue weighted by atomic mass is 32.2. The summed E-state index contributed by atoms with van der Waals surface area (Å²) in [5, 5.41) is 7.81. The second kappa shape index (κ2) is 4.73. The normalized spacial score (nSPS) is 30.8. The Labute approximate surface area is 98.3 Å². The lowest BCUT2D eigenvalue weighted by Gasteiger charge is -2.20. The zero-order valence-electron chi connectivity index (χ0n) is 9.02. The first-order valence-electron chi connectivity index (χ1n) is 5.70. The maximum atomic E-state index is 5.38. The van der Waals surface area contributed by atoms with E-state index in [1.807, 2.05) is 11.8 Å². The molecule has 0 aliphatic carbocycles. The van der Waals surface area contributed by atoms with Crippen molar-refractivity contribution < 1.29 is 9.26 Å². The molecule has 0 radical (unpaired) electrons. The van der Waals surface area contributed by atoms with Gasteiger partial charge in [-0.05, 0) is 18.6 Å². The Hall–Kier alpha value is -0.590. The van der Waals surface area contributed by atoms with Gasteiger partial charge in [0.15, 0.2) is 5.82 Å². The predicted molar refractivity (Wildman–Crippen MR) is 60.3 cm³/mol. The van der Waals surface area contributed by atoms with Gasteiger partial charge < -0.3 is 14.6 Å². The number of rotatable bonds is 2. The fraction of sp³-hybridized carbons (Fsp3) is 0.800. The Morgan fingerprint density at radius 1 is 1.44 bits per heavy atom. The van der Waals surface area contributed by atoms with Crippen LogP contribution in [-0.2, 0) is 4.74 Å². The Kier molecular flexibility index (Phi) is 3.12. The number of hydrogen-bond acceptors (Lipinski definition) is 6. The van der Waals surface area contributed by atoms with Crippen LogP contribution in [0.2, 0.25) is 0 Å². The van der Waals surface area contributed by atoms with Gasteiger partial charge in [0.05, 0.1) is 18.5 Å². The fourth-order valence-electron chi connectivity index (χ4n) is 2.02. The van der Waals surface area contributed by atoms with Gasteiger partial charge in [-0.1, -0.05) is 5.16 Å². The molecule has 88 valence electrons. The van der Waals surface area contributed by atoms with E-state index in [2.05, 4.69) is 15.5 Å². The Morgan fingerprint density at radius 3 is 3.19 bits per heavy atom. The third kappa shape index (κ3) is 2.09. The van der Waals surface area contributed by atoms with Crippen molar-refractivity contribution in [3.63, 3.8) is 0 Å². The van der Waals surface area contributed by atoms with Gasteiger partial charge in [-0.3, -0.25) is 0 Å². The first-order valence-corrected chi connectivity index (χ1v) is 6.74. The molecule has 1 aromatic heterocycles. The smallest absolute Gasteiger partial charge is 0.246 e. The number of morpholine rings is 1. The van der Waals surface area contributed by atoms with E-state index in [0.29, 0.717) is 17.7 Å². The average Bonchev–Trinajstić information content (AvgIpc) is 3.01. The highest BCUT2D eigenvalue weighted by Crippen LogP contribution is 2.38. The third-order valence-electron chi connectivity index (χ3n) is 2.89. The number of aromatic nitrogens is 2. The zero-order valence-corrected chi connectivity index (χ0v) is 9.83. The molecule has 2 fully saturated rings. The summed E-state index contributed by atoms with van der Waals surface area (Å²) in [7, 11) is 0. The molecule has 2 unspecified atom stereocenters. The Bertz CT molecular complexity index is 346. The summed E-state index contributed by atoms with van der Waals surface area (Å²) >= 11 is 1.92. The molecule has 0 aromatic carbocycles. The molecule has 1 aromatic rings. The van der Waals surface area contributed by atoms with Crippen LogP contribution in [0.3, 0.4) is 0 Å². The largest absolute Gasteiger partial charge is 0.378 e. The lowest BCUT2D eigenvalue weighted by atomic mass is 10.2. The van der Waals surface area contributed by atoms with Crippen molar-refractivity contribution in [2.75, 3.05) is 25.5 Å². The highest BCUT2D eigenvalue weighted by Gasteiger charge is 2.26. The van der Waals surface area contributed by atoms with E-state index in [9.17, 15) is 0 Å². The van der Waals surface area contributed by atoms with E-state index in [4.69, 9.17) is 9.26 Å². The van der Waals surface area contributed by atoms with Crippen LogP contribution in [0.4, 0.5) is 0 Å². The minimum Gasteiger partial charge on any atom is -0.378 e. The molecule has 0 saturated carbocycles. The second-order valence-electron chi connectivity index (χ2n) is 4.07. The van der Waals surface area contributed by atoms with Crippen LogP contribution in [0.5, 0.6) is 0 Å². The second-order valence-corrected chi connectivity index (χ2v) is 5.38. The maximum Gasteiger partial charge on any atom is 0.246 e. The number of nitrogens with zero attached hydrogens (tertiary/aromatic N) is 2. The van der Waals surface area contributed by atoms with Crippen LogP contribution in [0.1, 0.15) is 35.8 Å². The lowest BCUT2D eigenvalue weighted by molar-refractivity contribution is 0.0659. The molecule has 2 aliphatic rings. The highest BCUT2D eigenvalue weighted by molar-refractivity contribution is 7.99. The minimum atomic E-state index is 0.0707. The molecule has 3 rings (SSSR count). The maximum absolute atomic E-state index is 5.38. The number of thioether (sulfide) groups is 1. The number of nitrogens with one attached hydrogen (secondary N) is 1. The summed E-state index contributed by atoms with van der Waals surface area (Å²) in [5.41, 5.74) is 0. The standard InChI is InChI=1S/C10H15N3O2S/c1-2-8(16-5-1)9-12-10(15-13-9)7-6-14-4-3-11-7/h7-8,11H,1-6H2. The van der Waals surface area contributed by atoms with Gasteiger partial charge in [-0.15, -0.1) is 0 Å². The van der Waals surface area contributed by atoms with Crippen LogP contribution >= 0.6 is 11.8 Å². The van der Waals surface area contributed by atoms with Crippen LogP contribution in [-0.4, -0.2) is 35.7 Å². The molecule has 0 bridgehead atoms. The molecule has 6 heteroatoms. The quantitative estimate of drug-likeness (QED) is 0.842.